The minimum Gasteiger partial charge on any atom is -0.489 e. The van der Waals surface area contributed by atoms with Crippen molar-refractivity contribution in [3.05, 3.63) is 86.7 Å². The first-order valence-electron chi connectivity index (χ1n) is 14.8. The van der Waals surface area contributed by atoms with Crippen molar-refractivity contribution in [2.75, 3.05) is 20.3 Å². The second-order valence-electron chi connectivity index (χ2n) is 13.5. The lowest BCUT2D eigenvalue weighted by molar-refractivity contribution is -0.119. The van der Waals surface area contributed by atoms with E-state index in [1.807, 2.05) is 6.07 Å². The number of carbonyl (C=O) groups excluding carboxylic acids is 2. The first kappa shape index (κ1) is 31.0. The molecule has 0 bridgehead atoms. The Labute approximate surface area is 258 Å². The number of ketones is 2. The van der Waals surface area contributed by atoms with E-state index in [2.05, 4.69) is 32.6 Å². The van der Waals surface area contributed by atoms with Crippen LogP contribution >= 0.6 is 11.6 Å². The fourth-order valence-electron chi connectivity index (χ4n) is 6.78. The van der Waals surface area contributed by atoms with E-state index in [1.165, 1.54) is 0 Å². The first-order chi connectivity index (χ1) is 20.3. The number of hydrogen-bond acceptors (Lipinski definition) is 6. The van der Waals surface area contributed by atoms with Crippen molar-refractivity contribution in [2.24, 2.45) is 10.8 Å². The number of carboxylic acids is 1. The van der Waals surface area contributed by atoms with Crippen molar-refractivity contribution >= 4 is 29.1 Å². The van der Waals surface area contributed by atoms with Crippen LogP contribution in [0.25, 0.3) is 0 Å². The second kappa shape index (κ2) is 11.9. The number of allylic oxidation sites excluding steroid dienone is 4. The number of nitrogens with zero attached hydrogens (tertiary/aromatic N) is 1. The maximum Gasteiger partial charge on any atom is 0.335 e. The second-order valence-corrected chi connectivity index (χ2v) is 13.9. The van der Waals surface area contributed by atoms with Crippen LogP contribution in [0, 0.1) is 10.8 Å². The molecule has 228 valence electrons. The molecule has 0 spiro atoms. The molecule has 0 unspecified atom stereocenters. The molecular formula is C35H40ClNO6. The highest BCUT2D eigenvalue weighted by molar-refractivity contribution is 6.30. The average molecular weight is 606 g/mol. The van der Waals surface area contributed by atoms with E-state index in [1.54, 1.807) is 43.5 Å². The van der Waals surface area contributed by atoms with Gasteiger partial charge in [0.1, 0.15) is 12.4 Å². The van der Waals surface area contributed by atoms with Crippen LogP contribution in [0.15, 0.2) is 65.0 Å². The minimum absolute atomic E-state index is 0.0485. The molecule has 8 heteroatoms. The van der Waals surface area contributed by atoms with Crippen LogP contribution in [-0.2, 0) is 20.9 Å². The van der Waals surface area contributed by atoms with E-state index >= 15 is 0 Å². The molecule has 2 aliphatic carbocycles. The molecule has 0 aromatic heterocycles. The Hall–Kier alpha value is -3.42. The van der Waals surface area contributed by atoms with Crippen molar-refractivity contribution in [1.82, 2.24) is 4.90 Å². The molecule has 0 radical (unpaired) electrons. The number of methoxy groups -OCH3 is 1. The van der Waals surface area contributed by atoms with E-state index in [9.17, 15) is 19.5 Å². The summed E-state index contributed by atoms with van der Waals surface area (Å²) in [6.45, 7) is 9.93. The Morgan fingerprint density at radius 3 is 2.05 bits per heavy atom. The predicted molar refractivity (Wildman–Crippen MR) is 165 cm³/mol. The Morgan fingerprint density at radius 2 is 1.51 bits per heavy atom. The third-order valence-corrected chi connectivity index (χ3v) is 8.87. The first-order valence-corrected chi connectivity index (χ1v) is 15.2. The smallest absolute Gasteiger partial charge is 0.335 e. The van der Waals surface area contributed by atoms with Gasteiger partial charge in [0, 0.05) is 72.1 Å². The Kier molecular flexibility index (Phi) is 8.61. The van der Waals surface area contributed by atoms with Crippen molar-refractivity contribution in [2.45, 2.75) is 72.3 Å². The van der Waals surface area contributed by atoms with Gasteiger partial charge in [-0.25, -0.2) is 4.79 Å². The lowest BCUT2D eigenvalue weighted by Gasteiger charge is -2.49. The van der Waals surface area contributed by atoms with Gasteiger partial charge in [-0.15, -0.1) is 0 Å². The summed E-state index contributed by atoms with van der Waals surface area (Å²) in [4.78, 5) is 41.8. The van der Waals surface area contributed by atoms with Crippen LogP contribution in [0.4, 0.5) is 0 Å². The van der Waals surface area contributed by atoms with Crippen LogP contribution in [-0.4, -0.2) is 47.8 Å². The molecule has 0 amide bonds. The number of benzene rings is 2. The minimum atomic E-state index is -0.991. The molecular weight excluding hydrogens is 566 g/mol. The van der Waals surface area contributed by atoms with E-state index in [4.69, 9.17) is 21.1 Å². The molecule has 0 fully saturated rings. The van der Waals surface area contributed by atoms with Crippen molar-refractivity contribution < 1.29 is 29.0 Å². The molecule has 3 aliphatic rings. The normalized spacial score (nSPS) is 19.8. The third kappa shape index (κ3) is 6.43. The fraction of sp³-hybridized carbons (Fsp3) is 0.457. The van der Waals surface area contributed by atoms with E-state index in [-0.39, 0.29) is 34.6 Å². The van der Waals surface area contributed by atoms with Gasteiger partial charge in [0.05, 0.1) is 5.56 Å². The van der Waals surface area contributed by atoms with Gasteiger partial charge < -0.3 is 19.5 Å². The predicted octanol–water partition coefficient (Wildman–Crippen LogP) is 7.34. The highest BCUT2D eigenvalue weighted by atomic mass is 35.5. The molecule has 7 nitrogen and oxygen atoms in total. The van der Waals surface area contributed by atoms with Gasteiger partial charge in [-0.2, -0.15) is 0 Å². The van der Waals surface area contributed by atoms with Crippen LogP contribution < -0.4 is 4.74 Å². The maximum atomic E-state index is 14.1. The number of rotatable bonds is 9. The van der Waals surface area contributed by atoms with Gasteiger partial charge in [-0.3, -0.25) is 9.59 Å². The zero-order valence-corrected chi connectivity index (χ0v) is 26.3. The van der Waals surface area contributed by atoms with Crippen LogP contribution in [0.3, 0.4) is 0 Å². The zero-order chi connectivity index (χ0) is 31.1. The lowest BCUT2D eigenvalue weighted by Crippen LogP contribution is -2.44. The summed E-state index contributed by atoms with van der Waals surface area (Å²) in [5.74, 6) is -0.938. The zero-order valence-electron chi connectivity index (χ0n) is 25.6. The monoisotopic (exact) mass is 605 g/mol. The highest BCUT2D eigenvalue weighted by Crippen LogP contribution is 2.55. The molecule has 1 aliphatic heterocycles. The van der Waals surface area contributed by atoms with Gasteiger partial charge >= 0.3 is 5.97 Å². The number of aromatic carboxylic acids is 1. The summed E-state index contributed by atoms with van der Waals surface area (Å²) in [5, 5.41) is 9.74. The maximum absolute atomic E-state index is 14.1. The van der Waals surface area contributed by atoms with Gasteiger partial charge in [-0.05, 0) is 66.0 Å². The molecule has 0 atom stereocenters. The van der Waals surface area contributed by atoms with Crippen LogP contribution in [0.1, 0.15) is 87.2 Å². The average Bonchev–Trinajstić information content (AvgIpc) is 2.91. The molecule has 1 heterocycles. The lowest BCUT2D eigenvalue weighted by atomic mass is 9.63. The van der Waals surface area contributed by atoms with Gasteiger partial charge in [0.25, 0.3) is 0 Å². The topological polar surface area (TPSA) is 93.1 Å². The number of hydrogen-bond donors (Lipinski definition) is 1. The SMILES string of the molecule is COCCCN1C2=C(C(=O)CC(C)(C)C2)C(c2cc(Cl)ccc2OCc2ccc(C(=O)O)cc2)C2=C1CC(C)(C)CC2=O. The molecule has 0 saturated carbocycles. The van der Waals surface area contributed by atoms with Crippen molar-refractivity contribution in [3.8, 4) is 5.75 Å². The number of ether oxygens (including phenoxy) is 2. The third-order valence-electron chi connectivity index (χ3n) is 8.63. The number of Topliss-reactive ketones (excluding diaryl/α,β-unsaturated/α-hetero) is 2. The largest absolute Gasteiger partial charge is 0.489 e. The van der Waals surface area contributed by atoms with Crippen molar-refractivity contribution in [1.29, 1.82) is 0 Å². The summed E-state index contributed by atoms with van der Waals surface area (Å²) >= 11 is 6.59. The van der Waals surface area contributed by atoms with Crippen LogP contribution in [0.5, 0.6) is 5.75 Å². The van der Waals surface area contributed by atoms with E-state index < -0.39 is 11.9 Å². The molecule has 2 aromatic rings. The number of carboxylic acid groups (broad SMARTS) is 1. The van der Waals surface area contributed by atoms with Crippen molar-refractivity contribution in [3.63, 3.8) is 0 Å². The molecule has 5 rings (SSSR count). The molecule has 43 heavy (non-hydrogen) atoms. The molecule has 0 saturated heterocycles. The Morgan fingerprint density at radius 1 is 0.930 bits per heavy atom. The summed E-state index contributed by atoms with van der Waals surface area (Å²) < 4.78 is 11.7. The van der Waals surface area contributed by atoms with Gasteiger partial charge in [-0.1, -0.05) is 51.4 Å². The number of carbonyl (C=O) groups is 3. The van der Waals surface area contributed by atoms with Gasteiger partial charge in [0.2, 0.25) is 0 Å². The van der Waals surface area contributed by atoms with Crippen LogP contribution in [0.2, 0.25) is 5.02 Å². The molecule has 2 aromatic carbocycles. The standard InChI is InChI=1S/C35H40ClNO6/c1-34(2)16-25-31(27(38)18-34)30(32-26(37(25)13-6-14-42-5)17-35(3,4)19-28(32)39)24-15-23(36)11-12-29(24)43-20-21-7-9-22(10-8-21)33(40)41/h7-12,15,30H,6,13-14,16-20H2,1-5H3,(H,40,41). The fourth-order valence-corrected chi connectivity index (χ4v) is 6.96. The van der Waals surface area contributed by atoms with Gasteiger partial charge in [0.15, 0.2) is 11.6 Å². The van der Waals surface area contributed by atoms with E-state index in [0.29, 0.717) is 53.5 Å². The quantitative estimate of drug-likeness (QED) is 0.299. The summed E-state index contributed by atoms with van der Waals surface area (Å²) in [5.41, 5.74) is 4.57. The van der Waals surface area contributed by atoms with E-state index in [0.717, 1.165) is 36.2 Å². The summed E-state index contributed by atoms with van der Waals surface area (Å²) in [6.07, 6.45) is 2.99. The molecule has 1 N–H and O–H groups in total. The Bertz CT molecular complexity index is 1460. The number of halogens is 1. The highest BCUT2D eigenvalue weighted by Gasteiger charge is 2.49. The summed E-state index contributed by atoms with van der Waals surface area (Å²) in [7, 11) is 1.68. The Balaban J connectivity index is 1.65. The summed E-state index contributed by atoms with van der Waals surface area (Å²) in [6, 6.07) is 11.9.